The van der Waals surface area contributed by atoms with Crippen molar-refractivity contribution in [2.75, 3.05) is 18.7 Å². The molecule has 0 spiro atoms. The number of ketones is 1. The Morgan fingerprint density at radius 2 is 1.85 bits per heavy atom. The van der Waals surface area contributed by atoms with Crippen LogP contribution in [0.5, 0.6) is 0 Å². The normalized spacial score (nSPS) is 28.6. The molecule has 0 amide bonds. The fourth-order valence-electron chi connectivity index (χ4n) is 3.27. The van der Waals surface area contributed by atoms with Crippen molar-refractivity contribution in [3.63, 3.8) is 0 Å². The lowest BCUT2D eigenvalue weighted by molar-refractivity contribution is -0.122. The van der Waals surface area contributed by atoms with Gasteiger partial charge < -0.3 is 4.90 Å². The third-order valence-electron chi connectivity index (χ3n) is 4.47. The van der Waals surface area contributed by atoms with Gasteiger partial charge in [-0.15, -0.1) is 23.5 Å². The number of Topliss-reactive ketones (excluding diaryl/α,β-unsaturated/α-hetero) is 1. The Hall–Kier alpha value is -0.450. The Kier molecular flexibility index (Phi) is 4.74. The van der Waals surface area contributed by atoms with Crippen LogP contribution in [-0.2, 0) is 4.79 Å². The maximum absolute atomic E-state index is 11.1. The number of fused-ring (bicyclic) bond motifs is 2. The Morgan fingerprint density at radius 1 is 1.15 bits per heavy atom. The number of carbonyl (C=O) groups excluding carboxylic acids is 1. The van der Waals surface area contributed by atoms with Gasteiger partial charge in [0.15, 0.2) is 0 Å². The Bertz CT molecular complexity index is 468. The van der Waals surface area contributed by atoms with Crippen LogP contribution in [0.2, 0.25) is 0 Å². The van der Waals surface area contributed by atoms with E-state index < -0.39 is 0 Å². The third-order valence-corrected chi connectivity index (χ3v) is 6.88. The summed E-state index contributed by atoms with van der Waals surface area (Å²) in [5.41, 5.74) is 0. The molecule has 0 bridgehead atoms. The average molecular weight is 307 g/mol. The summed E-state index contributed by atoms with van der Waals surface area (Å²) in [6.45, 7) is 1.20. The lowest BCUT2D eigenvalue weighted by Gasteiger charge is -2.28. The molecule has 4 heteroatoms. The van der Waals surface area contributed by atoms with Gasteiger partial charge in [-0.1, -0.05) is 12.1 Å². The lowest BCUT2D eigenvalue weighted by Crippen LogP contribution is -2.35. The van der Waals surface area contributed by atoms with Crippen molar-refractivity contribution in [2.45, 2.75) is 41.5 Å². The largest absolute Gasteiger partial charge is 0.303 e. The molecule has 1 aliphatic carbocycles. The summed E-state index contributed by atoms with van der Waals surface area (Å²) in [4.78, 5) is 16.4. The summed E-state index contributed by atoms with van der Waals surface area (Å²) in [6, 6.07) is 9.14. The van der Waals surface area contributed by atoms with Gasteiger partial charge in [-0.25, -0.2) is 0 Å². The topological polar surface area (TPSA) is 20.3 Å². The molecule has 0 aromatic heterocycles. The van der Waals surface area contributed by atoms with E-state index in [-0.39, 0.29) is 0 Å². The van der Waals surface area contributed by atoms with Crippen molar-refractivity contribution in [2.24, 2.45) is 5.92 Å². The van der Waals surface area contributed by atoms with Gasteiger partial charge in [0.2, 0.25) is 0 Å². The molecule has 1 aromatic carbocycles. The van der Waals surface area contributed by atoms with Crippen molar-refractivity contribution in [1.29, 1.82) is 0 Å². The first-order valence-corrected chi connectivity index (χ1v) is 9.28. The molecule has 0 N–H and O–H groups in total. The Labute approximate surface area is 129 Å². The van der Waals surface area contributed by atoms with E-state index in [0.29, 0.717) is 11.8 Å². The van der Waals surface area contributed by atoms with Crippen LogP contribution in [0.4, 0.5) is 0 Å². The molecule has 108 valence electrons. The van der Waals surface area contributed by atoms with E-state index in [1.54, 1.807) is 0 Å². The minimum atomic E-state index is 0.472. The van der Waals surface area contributed by atoms with Crippen LogP contribution in [0.25, 0.3) is 0 Å². The number of thioether (sulfide) groups is 2. The van der Waals surface area contributed by atoms with Crippen LogP contribution in [0.3, 0.4) is 0 Å². The summed E-state index contributed by atoms with van der Waals surface area (Å²) in [7, 11) is 2.14. The smallest absolute Gasteiger partial charge is 0.134 e. The number of hydrogen-bond donors (Lipinski definition) is 0. The zero-order valence-electron chi connectivity index (χ0n) is 11.9. The highest BCUT2D eigenvalue weighted by molar-refractivity contribution is 8.18. The second-order valence-corrected chi connectivity index (χ2v) is 8.13. The second kappa shape index (κ2) is 6.54. The summed E-state index contributed by atoms with van der Waals surface area (Å²) in [6.07, 6.45) is 4.12. The first-order valence-electron chi connectivity index (χ1n) is 7.30. The molecule has 2 nitrogen and oxygen atoms in total. The number of benzene rings is 1. The van der Waals surface area contributed by atoms with Crippen LogP contribution in [0, 0.1) is 5.92 Å². The highest BCUT2D eigenvalue weighted by atomic mass is 32.2. The second-order valence-electron chi connectivity index (χ2n) is 5.73. The van der Waals surface area contributed by atoms with Gasteiger partial charge in [0.25, 0.3) is 0 Å². The van der Waals surface area contributed by atoms with Gasteiger partial charge in [0, 0.05) is 33.8 Å². The predicted octanol–water partition coefficient (Wildman–Crippen LogP) is 3.90. The molecule has 1 saturated carbocycles. The van der Waals surface area contributed by atoms with Gasteiger partial charge in [-0.3, -0.25) is 4.79 Å². The van der Waals surface area contributed by atoms with Gasteiger partial charge in [0.05, 0.1) is 0 Å². The van der Waals surface area contributed by atoms with Crippen molar-refractivity contribution in [3.8, 4) is 0 Å². The quantitative estimate of drug-likeness (QED) is 0.724. The Morgan fingerprint density at radius 3 is 2.55 bits per heavy atom. The number of likely N-dealkylation sites (tertiary alicyclic amines) is 1. The molecule has 2 atom stereocenters. The molecule has 1 aromatic rings. The molecular formula is C16H21NOS2. The van der Waals surface area contributed by atoms with Crippen LogP contribution >= 0.6 is 23.5 Å². The molecule has 3 aliphatic rings. The van der Waals surface area contributed by atoms with E-state index in [2.05, 4.69) is 36.2 Å². The summed E-state index contributed by atoms with van der Waals surface area (Å²) >= 11 is 3.86. The minimum absolute atomic E-state index is 0.472. The van der Waals surface area contributed by atoms with Crippen molar-refractivity contribution < 1.29 is 4.79 Å². The highest BCUT2D eigenvalue weighted by Gasteiger charge is 2.36. The Balaban J connectivity index is 0.000000123. The van der Waals surface area contributed by atoms with E-state index in [1.807, 2.05) is 23.5 Å². The minimum Gasteiger partial charge on any atom is -0.303 e. The molecular weight excluding hydrogens is 286 g/mol. The first-order chi connectivity index (χ1) is 9.74. The maximum atomic E-state index is 11.1. The molecule has 2 unspecified atom stereocenters. The zero-order valence-corrected chi connectivity index (χ0v) is 13.5. The van der Waals surface area contributed by atoms with Gasteiger partial charge in [-0.05, 0) is 44.5 Å². The van der Waals surface area contributed by atoms with Crippen molar-refractivity contribution in [3.05, 3.63) is 24.3 Å². The van der Waals surface area contributed by atoms with Crippen LogP contribution < -0.4 is 0 Å². The van der Waals surface area contributed by atoms with Crippen LogP contribution in [0.15, 0.2) is 34.1 Å². The van der Waals surface area contributed by atoms with Gasteiger partial charge in [0.1, 0.15) is 5.78 Å². The van der Waals surface area contributed by atoms with E-state index in [9.17, 15) is 4.79 Å². The molecule has 2 heterocycles. The molecule has 2 fully saturated rings. The fourth-order valence-corrected chi connectivity index (χ4v) is 5.65. The van der Waals surface area contributed by atoms with Crippen molar-refractivity contribution in [1.82, 2.24) is 4.90 Å². The first kappa shape index (κ1) is 14.5. The SMILES string of the molecule is CN1CCC2CCC(=O)CC21.c1ccc2c(c1)SCS2. The molecule has 20 heavy (non-hydrogen) atoms. The maximum Gasteiger partial charge on any atom is 0.134 e. The van der Waals surface area contributed by atoms with E-state index in [4.69, 9.17) is 0 Å². The molecule has 2 aliphatic heterocycles. The number of nitrogens with zero attached hydrogens (tertiary/aromatic N) is 1. The van der Waals surface area contributed by atoms with Crippen LogP contribution in [0.1, 0.15) is 25.7 Å². The van der Waals surface area contributed by atoms with E-state index in [1.165, 1.54) is 27.8 Å². The fraction of sp³-hybridized carbons (Fsp3) is 0.562. The average Bonchev–Trinajstić information content (AvgIpc) is 3.07. The molecule has 1 saturated heterocycles. The monoisotopic (exact) mass is 307 g/mol. The molecule has 0 radical (unpaired) electrons. The zero-order chi connectivity index (χ0) is 13.9. The van der Waals surface area contributed by atoms with Crippen molar-refractivity contribution >= 4 is 29.3 Å². The third kappa shape index (κ3) is 3.23. The number of rotatable bonds is 0. The number of carbonyl (C=O) groups is 1. The number of hydrogen-bond acceptors (Lipinski definition) is 4. The summed E-state index contributed by atoms with van der Waals surface area (Å²) < 4.78 is 0. The van der Waals surface area contributed by atoms with Gasteiger partial charge in [-0.2, -0.15) is 0 Å². The highest BCUT2D eigenvalue weighted by Crippen LogP contribution is 2.40. The summed E-state index contributed by atoms with van der Waals surface area (Å²) in [5, 5.41) is 1.19. The van der Waals surface area contributed by atoms with E-state index >= 15 is 0 Å². The molecule has 4 rings (SSSR count). The van der Waals surface area contributed by atoms with Crippen LogP contribution in [-0.4, -0.2) is 35.4 Å². The standard InChI is InChI=1S/C9H15NO.C7H6S2/c1-10-5-4-7-2-3-8(11)6-9(7)10;1-2-4-7-6(3-1)8-5-9-7/h7,9H,2-6H2,1H3;1-4H,5H2. The lowest BCUT2D eigenvalue weighted by atomic mass is 9.84. The van der Waals surface area contributed by atoms with Gasteiger partial charge >= 0.3 is 0 Å². The van der Waals surface area contributed by atoms with E-state index in [0.717, 1.165) is 25.2 Å². The summed E-state index contributed by atoms with van der Waals surface area (Å²) in [5.74, 6) is 1.30. The predicted molar refractivity (Wildman–Crippen MR) is 86.4 cm³/mol.